The summed E-state index contributed by atoms with van der Waals surface area (Å²) in [6, 6.07) is 41.4. The number of aryl methyl sites for hydroxylation is 3. The summed E-state index contributed by atoms with van der Waals surface area (Å²) in [5.74, 6) is 2.18. The molecule has 3 aromatic heterocycles. The summed E-state index contributed by atoms with van der Waals surface area (Å²) in [4.78, 5) is 90.4. The number of hydrogen-bond acceptors (Lipinski definition) is 23. The van der Waals surface area contributed by atoms with Crippen molar-refractivity contribution in [1.29, 1.82) is 0 Å². The van der Waals surface area contributed by atoms with Crippen LogP contribution in [0.1, 0.15) is 143 Å². The summed E-state index contributed by atoms with van der Waals surface area (Å²) in [6.45, 7) is 53.9. The number of allylic oxidation sites excluding steroid dienone is 3. The average Bonchev–Trinajstić information content (AvgIpc) is 1.12. The fraction of sp³-hybridized carbons (Fsp3) is 0.505. The molecule has 5 fully saturated rings. The molecule has 6 atom stereocenters. The number of rotatable bonds is 28. The molecule has 0 aliphatic carbocycles. The van der Waals surface area contributed by atoms with E-state index in [9.17, 15) is 23.2 Å². The summed E-state index contributed by atoms with van der Waals surface area (Å²) in [5.41, 5.74) is 32.6. The number of likely N-dealkylation sites (N-methyl/N-ethyl adjacent to an activating group) is 5. The molecular weight excluding hydrogens is 2170 g/mol. The van der Waals surface area contributed by atoms with Crippen molar-refractivity contribution in [3.05, 3.63) is 230 Å². The molecule has 2 amide bonds. The van der Waals surface area contributed by atoms with Gasteiger partial charge in [0.25, 0.3) is 0 Å². The molecule has 149 heavy (non-hydrogen) atoms. The van der Waals surface area contributed by atoms with Crippen molar-refractivity contribution < 1.29 is 37.4 Å². The Hall–Kier alpha value is -8.86. The number of fused-ring (bicyclic) bond motifs is 6. The number of carbonyl (C=O) groups is 3. The van der Waals surface area contributed by atoms with E-state index >= 15 is 0 Å². The molecule has 40 heteroatoms. The number of benzene rings is 6. The monoisotopic (exact) mass is 2330 g/mol. The maximum Gasteiger partial charge on any atom is 0.318 e. The molecule has 11 heterocycles. The molecule has 0 unspecified atom stereocenters. The Kier molecular flexibility index (Phi) is 62.8. The van der Waals surface area contributed by atoms with Crippen LogP contribution in [-0.2, 0) is 53.3 Å². The zero-order chi connectivity index (χ0) is 102. The predicted octanol–water partition coefficient (Wildman–Crippen LogP) is 19.2. The molecular formula is C109H158Br2Cl2F2N22O6S6. The fourth-order valence-electron chi connectivity index (χ4n) is 18.8. The molecule has 8 aliphatic rings. The molecule has 5 saturated heterocycles. The van der Waals surface area contributed by atoms with E-state index in [1.807, 2.05) is 32.6 Å². The van der Waals surface area contributed by atoms with Gasteiger partial charge in [0.05, 0.1) is 36.7 Å². The maximum atomic E-state index is 12.6. The average molecular weight is 2330 g/mol. The highest BCUT2D eigenvalue weighted by molar-refractivity contribution is 9.09. The highest BCUT2D eigenvalue weighted by atomic mass is 79.9. The van der Waals surface area contributed by atoms with E-state index in [1.165, 1.54) is 110 Å². The lowest BCUT2D eigenvalue weighted by Gasteiger charge is -2.33. The quantitative estimate of drug-likeness (QED) is 0.0153. The predicted molar refractivity (Wildman–Crippen MR) is 650 cm³/mol. The molecule has 7 N–H and O–H groups in total. The van der Waals surface area contributed by atoms with Crippen molar-refractivity contribution in [2.75, 3.05) is 188 Å². The van der Waals surface area contributed by atoms with Gasteiger partial charge in [-0.15, -0.1) is 12.4 Å². The summed E-state index contributed by atoms with van der Waals surface area (Å²) >= 11 is 11.2. The van der Waals surface area contributed by atoms with Gasteiger partial charge in [-0.3, -0.25) is 19.3 Å². The van der Waals surface area contributed by atoms with Crippen molar-refractivity contribution in [2.24, 2.45) is 5.92 Å². The van der Waals surface area contributed by atoms with Crippen molar-refractivity contribution >= 4 is 221 Å². The van der Waals surface area contributed by atoms with Crippen LogP contribution < -0.4 is 51.4 Å². The van der Waals surface area contributed by atoms with E-state index in [0.717, 1.165) is 131 Å². The van der Waals surface area contributed by atoms with Gasteiger partial charge in [-0.25, -0.2) is 28.5 Å². The van der Waals surface area contributed by atoms with Crippen LogP contribution in [0.15, 0.2) is 146 Å². The van der Waals surface area contributed by atoms with Crippen LogP contribution in [0, 0.1) is 46.4 Å². The van der Waals surface area contributed by atoms with Gasteiger partial charge in [0.1, 0.15) is 61.7 Å². The third-order valence-corrected chi connectivity index (χ3v) is 27.8. The van der Waals surface area contributed by atoms with Crippen LogP contribution in [0.5, 0.6) is 18.0 Å². The number of likely N-dealkylation sites (tertiary alicyclic amines) is 4. The number of aromatic nitrogens is 6. The number of alkyl halides is 4. The number of anilines is 6. The summed E-state index contributed by atoms with van der Waals surface area (Å²) in [6.07, 6.45) is 20.3. The number of nitrogens with one attached hydrogen (secondary N) is 1. The lowest BCUT2D eigenvalue weighted by molar-refractivity contribution is -0.128. The van der Waals surface area contributed by atoms with Crippen LogP contribution in [0.4, 0.5) is 43.3 Å². The number of halogens is 6. The minimum absolute atomic E-state index is 0. The normalized spacial score (nSPS) is 17.0. The minimum Gasteiger partial charge on any atom is -0.462 e. The van der Waals surface area contributed by atoms with E-state index in [2.05, 4.69) is 261 Å². The van der Waals surface area contributed by atoms with Gasteiger partial charge in [-0.05, 0) is 228 Å². The Morgan fingerprint density at radius 2 is 0.805 bits per heavy atom. The van der Waals surface area contributed by atoms with E-state index in [0.29, 0.717) is 155 Å². The Morgan fingerprint density at radius 3 is 1.07 bits per heavy atom. The molecule has 0 saturated carbocycles. The van der Waals surface area contributed by atoms with E-state index in [-0.39, 0.29) is 117 Å². The smallest absolute Gasteiger partial charge is 0.318 e. The molecule has 9 aromatic rings. The second kappa shape index (κ2) is 69.7. The first kappa shape index (κ1) is 134. The van der Waals surface area contributed by atoms with E-state index in [1.54, 1.807) is 34.1 Å². The number of ether oxygens (including phenoxy) is 3. The number of hydrogen-bond donors (Lipinski definition) is 4. The third kappa shape index (κ3) is 40.2. The standard InChI is InChI=1S/3C24H29N5O.C13H20FN3O.C10H15BrN2O.C7H13N.C4H4BrClO.C3H6FN.ClH.6H2S/c3*1-16-6-3-7-17-8-4-10-21(22(16)17)29-13-11-19-20(14-29)26-24(27-23(19)25)30-15-18-9-5-12-28(18)2;1-4-17(11(2)8-15-3)13(18)6-5-7-16-9-12(14)10-16;1-4-13(9(2)8-12-3)10(14)6-5-7-11;1-4-5-7(2)6-8-3;5-3-1-2-4(6)7;4-3-1-5-2-3;;;;;;;/h3*3-4,6-8,10,18H,5,9,11-15H2,1-2H3,(H2,25,26,27);5-6,11-12H,4,7-10H2,1-2H3;5-6,9H,4,7-8H2,1-2H3;7H,4-6H2,1-2H3;1-2H,3H2;3,5H,1-2H2;1H;6*1H2/b;;;2*6-5+;;2-1+;;;;;;;;/t3*18-;11-;9-;7-;;;;;;;;;/m000110........./s1. The zero-order valence-electron chi connectivity index (χ0n) is 88.3. The Balaban J connectivity index is 0.000000460. The molecule has 8 aliphatic heterocycles. The first-order chi connectivity index (χ1) is 68.5. The van der Waals surface area contributed by atoms with Gasteiger partial charge >= 0.3 is 18.0 Å². The number of nitrogens with two attached hydrogens (primary N) is 3. The molecule has 0 spiro atoms. The lowest BCUT2D eigenvalue weighted by atomic mass is 10.00. The molecule has 6 aromatic carbocycles. The summed E-state index contributed by atoms with van der Waals surface area (Å²) < 4.78 is 41.9. The van der Waals surface area contributed by atoms with Gasteiger partial charge < -0.3 is 90.5 Å². The fourth-order valence-corrected chi connectivity index (χ4v) is 19.2. The van der Waals surface area contributed by atoms with Crippen molar-refractivity contribution in [3.63, 3.8) is 0 Å². The van der Waals surface area contributed by atoms with Crippen LogP contribution >= 0.6 is 137 Å². The number of carbonyl (C=O) groups excluding carboxylic acids is 3. The number of amides is 2. The highest BCUT2D eigenvalue weighted by Crippen LogP contribution is 2.39. The third-order valence-electron chi connectivity index (χ3n) is 26.9. The largest absolute Gasteiger partial charge is 0.462 e. The SMILES string of the molecule is Cc1cccc2cccc(N3CCc4c(N)nc(OC[C@@H]5CCCN5C)nc4C3)c12.Cc1cccc2cccc(N3CCc4c(N)nc(OC[C@@H]5CCCN5C)nc4C3)c12.Cc1cccc2cccc(N3CCc4c(N)nc(OC[C@@H]5CCCN5C)nc4C3)c12.Cl.FC1CNC1.O=C(Cl)/C=C/CBr.S.S.S.S.S.S.[C-]#[N+]C[C@@H](C)CCC.[C-]#[N+]C[C@@H](C)N(CC)C(=O)/C=C/CBr.[C-]#[N+]C[C@@H](C)N(CC)C(=O)/C=C/CN1CC(F)C1. The van der Waals surface area contributed by atoms with E-state index in [4.69, 9.17) is 77.7 Å². The summed E-state index contributed by atoms with van der Waals surface area (Å²) in [5, 5.41) is 11.4. The van der Waals surface area contributed by atoms with Crippen molar-refractivity contribution in [1.82, 2.24) is 64.6 Å². The van der Waals surface area contributed by atoms with Gasteiger partial charge in [0, 0.05) is 156 Å². The molecule has 17 rings (SSSR count). The Bertz CT molecular complexity index is 5450. The van der Waals surface area contributed by atoms with Gasteiger partial charge in [-0.2, -0.15) is 111 Å². The molecule has 0 radical (unpaired) electrons. The van der Waals surface area contributed by atoms with Crippen LogP contribution in [0.25, 0.3) is 46.9 Å². The van der Waals surface area contributed by atoms with Crippen molar-refractivity contribution in [2.45, 2.75) is 195 Å². The van der Waals surface area contributed by atoms with Crippen LogP contribution in [0.3, 0.4) is 0 Å². The first-order valence-corrected chi connectivity index (χ1v) is 52.4. The van der Waals surface area contributed by atoms with Crippen LogP contribution in [-0.4, -0.2) is 275 Å². The highest BCUT2D eigenvalue weighted by Gasteiger charge is 2.32. The topological polar surface area (TPSA) is 289 Å². The molecule has 28 nitrogen and oxygen atoms in total. The Morgan fingerprint density at radius 1 is 0.490 bits per heavy atom. The first-order valence-electron chi connectivity index (χ1n) is 49.8. The molecule has 818 valence electrons. The second-order valence-corrected chi connectivity index (χ2v) is 39.0. The Labute approximate surface area is 952 Å². The van der Waals surface area contributed by atoms with E-state index < -0.39 is 17.6 Å². The molecule has 0 bridgehead atoms. The van der Waals surface area contributed by atoms with Crippen LogP contribution in [0.2, 0.25) is 0 Å². The van der Waals surface area contributed by atoms with Gasteiger partial charge in [-0.1, -0.05) is 161 Å². The van der Waals surface area contributed by atoms with Gasteiger partial charge in [0.2, 0.25) is 36.7 Å². The minimum atomic E-state index is -0.708. The van der Waals surface area contributed by atoms with Gasteiger partial charge in [0.15, 0.2) is 0 Å². The lowest BCUT2D eigenvalue weighted by Crippen LogP contribution is -2.48. The zero-order valence-corrected chi connectivity index (χ0v) is 99.0. The number of nitrogen functional groups attached to an aromatic ring is 3. The van der Waals surface area contributed by atoms with Crippen molar-refractivity contribution in [3.8, 4) is 18.0 Å². The summed E-state index contributed by atoms with van der Waals surface area (Å²) in [7, 11) is 6.44. The maximum absolute atomic E-state index is 12.6. The number of nitrogens with zero attached hydrogens (tertiary/aromatic N) is 18. The second-order valence-electron chi connectivity index (χ2n) is 37.3.